The molecule has 82 valence electrons. The van der Waals surface area contributed by atoms with Gasteiger partial charge in [-0.15, -0.1) is 0 Å². The van der Waals surface area contributed by atoms with Crippen LogP contribution in [0.15, 0.2) is 0 Å². The second-order valence-corrected chi connectivity index (χ2v) is 4.39. The second kappa shape index (κ2) is 5.35. The van der Waals surface area contributed by atoms with Crippen molar-refractivity contribution < 1.29 is 4.79 Å². The van der Waals surface area contributed by atoms with E-state index in [0.717, 1.165) is 25.8 Å². The fourth-order valence-electron chi connectivity index (χ4n) is 1.83. The van der Waals surface area contributed by atoms with Gasteiger partial charge in [0.2, 0.25) is 5.91 Å². The van der Waals surface area contributed by atoms with Crippen molar-refractivity contribution in [2.75, 3.05) is 6.54 Å². The molecule has 0 radical (unpaired) electrons. The van der Waals surface area contributed by atoms with Crippen LogP contribution < -0.4 is 10.6 Å². The van der Waals surface area contributed by atoms with Crippen molar-refractivity contribution in [3.8, 4) is 0 Å². The number of hydrogen-bond donors (Lipinski definition) is 2. The summed E-state index contributed by atoms with van der Waals surface area (Å²) in [4.78, 5) is 11.8. The zero-order valence-electron chi connectivity index (χ0n) is 9.47. The lowest BCUT2D eigenvalue weighted by Gasteiger charge is -2.28. The lowest BCUT2D eigenvalue weighted by atomic mass is 9.92. The molecule has 0 aromatic rings. The van der Waals surface area contributed by atoms with Gasteiger partial charge in [-0.05, 0) is 39.7 Å². The van der Waals surface area contributed by atoms with Gasteiger partial charge in [0.15, 0.2) is 0 Å². The Kier molecular flexibility index (Phi) is 4.39. The average molecular weight is 198 g/mol. The summed E-state index contributed by atoms with van der Waals surface area (Å²) in [7, 11) is 0. The van der Waals surface area contributed by atoms with Gasteiger partial charge in [-0.2, -0.15) is 0 Å². The van der Waals surface area contributed by atoms with Crippen molar-refractivity contribution in [1.82, 2.24) is 10.6 Å². The summed E-state index contributed by atoms with van der Waals surface area (Å²) in [6, 6.07) is 0.795. The molecule has 0 bridgehead atoms. The predicted molar refractivity (Wildman–Crippen MR) is 58.1 cm³/mol. The standard InChI is InChI=1S/C11H22N2O/c1-4-8(2)13-11(14)10-5-6-12-9(3)7-10/h8-10,12H,4-7H2,1-3H3,(H,13,14)/t8?,9-,10-/m0/s1. The van der Waals surface area contributed by atoms with Gasteiger partial charge in [0, 0.05) is 18.0 Å². The molecule has 1 aliphatic heterocycles. The van der Waals surface area contributed by atoms with Crippen LogP contribution in [0.25, 0.3) is 0 Å². The number of rotatable bonds is 3. The highest BCUT2D eigenvalue weighted by Crippen LogP contribution is 2.16. The minimum Gasteiger partial charge on any atom is -0.353 e. The zero-order chi connectivity index (χ0) is 10.6. The topological polar surface area (TPSA) is 41.1 Å². The average Bonchev–Trinajstić information content (AvgIpc) is 2.17. The van der Waals surface area contributed by atoms with E-state index in [4.69, 9.17) is 0 Å². The fourth-order valence-corrected chi connectivity index (χ4v) is 1.83. The summed E-state index contributed by atoms with van der Waals surface area (Å²) in [5.74, 6) is 0.466. The third-order valence-electron chi connectivity index (χ3n) is 3.00. The Hall–Kier alpha value is -0.570. The Morgan fingerprint density at radius 2 is 2.36 bits per heavy atom. The maximum Gasteiger partial charge on any atom is 0.223 e. The molecule has 0 aliphatic carbocycles. The molecule has 2 N–H and O–H groups in total. The van der Waals surface area contributed by atoms with E-state index in [9.17, 15) is 4.79 Å². The number of amides is 1. The maximum absolute atomic E-state index is 11.8. The van der Waals surface area contributed by atoms with E-state index in [1.165, 1.54) is 0 Å². The third kappa shape index (κ3) is 3.29. The van der Waals surface area contributed by atoms with Crippen molar-refractivity contribution in [2.45, 2.75) is 52.1 Å². The van der Waals surface area contributed by atoms with E-state index in [-0.39, 0.29) is 11.8 Å². The highest BCUT2D eigenvalue weighted by molar-refractivity contribution is 5.79. The summed E-state index contributed by atoms with van der Waals surface area (Å²) in [6.45, 7) is 7.26. The van der Waals surface area contributed by atoms with E-state index < -0.39 is 0 Å². The monoisotopic (exact) mass is 198 g/mol. The van der Waals surface area contributed by atoms with E-state index >= 15 is 0 Å². The first-order valence-electron chi connectivity index (χ1n) is 5.67. The number of piperidine rings is 1. The van der Waals surface area contributed by atoms with Crippen LogP contribution in [-0.2, 0) is 4.79 Å². The number of carbonyl (C=O) groups is 1. The summed E-state index contributed by atoms with van der Waals surface area (Å²) in [5, 5.41) is 6.41. The summed E-state index contributed by atoms with van der Waals surface area (Å²) < 4.78 is 0. The van der Waals surface area contributed by atoms with Crippen LogP contribution in [0.3, 0.4) is 0 Å². The maximum atomic E-state index is 11.8. The number of nitrogens with one attached hydrogen (secondary N) is 2. The molecule has 3 heteroatoms. The molecule has 14 heavy (non-hydrogen) atoms. The second-order valence-electron chi connectivity index (χ2n) is 4.39. The molecule has 1 aliphatic rings. The quantitative estimate of drug-likeness (QED) is 0.717. The van der Waals surface area contributed by atoms with Gasteiger partial charge < -0.3 is 10.6 Å². The predicted octanol–water partition coefficient (Wildman–Crippen LogP) is 1.29. The summed E-state index contributed by atoms with van der Waals surface area (Å²) >= 11 is 0. The van der Waals surface area contributed by atoms with Crippen molar-refractivity contribution in [2.24, 2.45) is 5.92 Å². The Morgan fingerprint density at radius 3 is 2.93 bits per heavy atom. The minimum absolute atomic E-state index is 0.222. The van der Waals surface area contributed by atoms with Crippen LogP contribution in [0.5, 0.6) is 0 Å². The summed E-state index contributed by atoms with van der Waals surface area (Å²) in [6.07, 6.45) is 2.96. The molecule has 3 atom stereocenters. The van der Waals surface area contributed by atoms with Gasteiger partial charge in [0.25, 0.3) is 0 Å². The van der Waals surface area contributed by atoms with Gasteiger partial charge in [-0.3, -0.25) is 4.79 Å². The van der Waals surface area contributed by atoms with E-state index in [2.05, 4.69) is 31.4 Å². The van der Waals surface area contributed by atoms with Crippen LogP contribution in [0.4, 0.5) is 0 Å². The van der Waals surface area contributed by atoms with Crippen molar-refractivity contribution in [1.29, 1.82) is 0 Å². The molecule has 0 aromatic heterocycles. The highest BCUT2D eigenvalue weighted by Gasteiger charge is 2.24. The number of carbonyl (C=O) groups excluding carboxylic acids is 1. The summed E-state index contributed by atoms with van der Waals surface area (Å²) in [5.41, 5.74) is 0. The molecule has 1 fully saturated rings. The molecular weight excluding hydrogens is 176 g/mol. The Balaban J connectivity index is 2.36. The minimum atomic E-state index is 0.222. The third-order valence-corrected chi connectivity index (χ3v) is 3.00. The van der Waals surface area contributed by atoms with Crippen LogP contribution in [0.2, 0.25) is 0 Å². The molecule has 0 aromatic carbocycles. The van der Waals surface area contributed by atoms with E-state index in [0.29, 0.717) is 12.1 Å². The van der Waals surface area contributed by atoms with E-state index in [1.807, 2.05) is 0 Å². The molecule has 3 nitrogen and oxygen atoms in total. The largest absolute Gasteiger partial charge is 0.353 e. The lowest BCUT2D eigenvalue weighted by molar-refractivity contribution is -0.126. The highest BCUT2D eigenvalue weighted by atomic mass is 16.1. The molecule has 0 spiro atoms. The number of hydrogen-bond acceptors (Lipinski definition) is 2. The van der Waals surface area contributed by atoms with Gasteiger partial charge in [0.1, 0.15) is 0 Å². The Morgan fingerprint density at radius 1 is 1.64 bits per heavy atom. The van der Waals surface area contributed by atoms with Crippen LogP contribution in [-0.4, -0.2) is 24.5 Å². The van der Waals surface area contributed by atoms with Gasteiger partial charge in [-0.1, -0.05) is 6.92 Å². The smallest absolute Gasteiger partial charge is 0.223 e. The SMILES string of the molecule is CCC(C)NC(=O)[C@H]1CCN[C@@H](C)C1. The van der Waals surface area contributed by atoms with Gasteiger partial charge in [-0.25, -0.2) is 0 Å². The molecule has 0 saturated carbocycles. The Labute approximate surface area is 86.6 Å². The zero-order valence-corrected chi connectivity index (χ0v) is 9.47. The first kappa shape index (κ1) is 11.5. The van der Waals surface area contributed by atoms with Crippen LogP contribution in [0.1, 0.15) is 40.0 Å². The van der Waals surface area contributed by atoms with Crippen LogP contribution in [0, 0.1) is 5.92 Å². The van der Waals surface area contributed by atoms with Gasteiger partial charge in [0.05, 0.1) is 0 Å². The lowest BCUT2D eigenvalue weighted by Crippen LogP contribution is -2.44. The normalized spacial score (nSPS) is 29.6. The molecule has 1 rings (SSSR count). The van der Waals surface area contributed by atoms with E-state index in [1.54, 1.807) is 0 Å². The van der Waals surface area contributed by atoms with Crippen molar-refractivity contribution in [3.63, 3.8) is 0 Å². The first-order chi connectivity index (χ1) is 6.63. The van der Waals surface area contributed by atoms with Crippen LogP contribution >= 0.6 is 0 Å². The molecule has 1 amide bonds. The Bertz CT molecular complexity index is 194. The molecule has 1 saturated heterocycles. The van der Waals surface area contributed by atoms with Gasteiger partial charge >= 0.3 is 0 Å². The first-order valence-corrected chi connectivity index (χ1v) is 5.67. The molecular formula is C11H22N2O. The van der Waals surface area contributed by atoms with Crippen molar-refractivity contribution in [3.05, 3.63) is 0 Å². The van der Waals surface area contributed by atoms with Crippen molar-refractivity contribution >= 4 is 5.91 Å². The molecule has 1 unspecified atom stereocenters. The molecule has 1 heterocycles. The fraction of sp³-hybridized carbons (Fsp3) is 0.909.